The number of hydrogen-bond acceptors (Lipinski definition) is 1. The maximum Gasteiger partial charge on any atom is 0.254 e. The SMILES string of the molecule is CC(C)C(C)N(CC1CC2C=CC1C2)C(=O)c1cccc(F)c1. The summed E-state index contributed by atoms with van der Waals surface area (Å²) in [4.78, 5) is 14.9. The molecule has 2 bridgehead atoms. The minimum atomic E-state index is -0.351. The second kappa shape index (κ2) is 6.46. The Kier molecular flexibility index (Phi) is 4.56. The van der Waals surface area contributed by atoms with Gasteiger partial charge in [0.2, 0.25) is 0 Å². The fraction of sp³-hybridized carbons (Fsp3) is 0.550. The second-order valence-electron chi connectivity index (χ2n) is 7.49. The maximum atomic E-state index is 13.5. The summed E-state index contributed by atoms with van der Waals surface area (Å²) in [7, 11) is 0. The van der Waals surface area contributed by atoms with E-state index < -0.39 is 0 Å². The maximum absolute atomic E-state index is 13.5. The molecule has 2 aliphatic carbocycles. The molecule has 1 amide bonds. The molecule has 4 atom stereocenters. The van der Waals surface area contributed by atoms with Crippen LogP contribution in [-0.4, -0.2) is 23.4 Å². The van der Waals surface area contributed by atoms with E-state index in [2.05, 4.69) is 32.9 Å². The number of benzene rings is 1. The number of rotatable bonds is 5. The van der Waals surface area contributed by atoms with Crippen LogP contribution >= 0.6 is 0 Å². The molecule has 23 heavy (non-hydrogen) atoms. The van der Waals surface area contributed by atoms with Crippen LogP contribution in [0.3, 0.4) is 0 Å². The lowest BCUT2D eigenvalue weighted by atomic mass is 9.91. The highest BCUT2D eigenvalue weighted by atomic mass is 19.1. The van der Waals surface area contributed by atoms with Crippen molar-refractivity contribution in [3.8, 4) is 0 Å². The molecular formula is C20H26FNO. The van der Waals surface area contributed by atoms with Crippen molar-refractivity contribution in [3.05, 3.63) is 47.8 Å². The van der Waals surface area contributed by atoms with Gasteiger partial charge < -0.3 is 4.90 Å². The molecule has 0 N–H and O–H groups in total. The van der Waals surface area contributed by atoms with Gasteiger partial charge in [0, 0.05) is 18.2 Å². The van der Waals surface area contributed by atoms with Crippen molar-refractivity contribution in [1.29, 1.82) is 0 Å². The van der Waals surface area contributed by atoms with Crippen molar-refractivity contribution in [2.24, 2.45) is 23.7 Å². The first-order valence-corrected chi connectivity index (χ1v) is 8.70. The zero-order chi connectivity index (χ0) is 16.6. The van der Waals surface area contributed by atoms with Gasteiger partial charge in [-0.1, -0.05) is 32.1 Å². The molecule has 2 aliphatic rings. The largest absolute Gasteiger partial charge is 0.335 e. The van der Waals surface area contributed by atoms with Crippen LogP contribution in [0.15, 0.2) is 36.4 Å². The zero-order valence-electron chi connectivity index (χ0n) is 14.2. The van der Waals surface area contributed by atoms with Crippen LogP contribution in [0.2, 0.25) is 0 Å². The molecule has 3 rings (SSSR count). The van der Waals surface area contributed by atoms with Crippen LogP contribution in [0.5, 0.6) is 0 Å². The van der Waals surface area contributed by atoms with Gasteiger partial charge in [0.25, 0.3) is 5.91 Å². The van der Waals surface area contributed by atoms with Gasteiger partial charge in [-0.25, -0.2) is 4.39 Å². The molecule has 4 unspecified atom stereocenters. The Morgan fingerprint density at radius 3 is 2.61 bits per heavy atom. The van der Waals surface area contributed by atoms with E-state index in [0.717, 1.165) is 6.54 Å². The molecule has 124 valence electrons. The number of carbonyl (C=O) groups excluding carboxylic acids is 1. The van der Waals surface area contributed by atoms with E-state index in [1.165, 1.54) is 25.0 Å². The molecule has 1 aromatic carbocycles. The molecule has 2 nitrogen and oxygen atoms in total. The molecule has 0 radical (unpaired) electrons. The highest BCUT2D eigenvalue weighted by Crippen LogP contribution is 2.44. The number of halogens is 1. The zero-order valence-corrected chi connectivity index (χ0v) is 14.2. The Morgan fingerprint density at radius 2 is 2.04 bits per heavy atom. The number of hydrogen-bond donors (Lipinski definition) is 0. The van der Waals surface area contributed by atoms with E-state index in [9.17, 15) is 9.18 Å². The van der Waals surface area contributed by atoms with E-state index in [0.29, 0.717) is 29.2 Å². The molecular weight excluding hydrogens is 289 g/mol. The lowest BCUT2D eigenvalue weighted by Gasteiger charge is -2.35. The van der Waals surface area contributed by atoms with E-state index in [1.54, 1.807) is 12.1 Å². The van der Waals surface area contributed by atoms with Gasteiger partial charge in [0.1, 0.15) is 5.82 Å². The molecule has 0 aromatic heterocycles. The van der Waals surface area contributed by atoms with Gasteiger partial charge in [0.15, 0.2) is 0 Å². The Balaban J connectivity index is 1.80. The van der Waals surface area contributed by atoms with E-state index >= 15 is 0 Å². The average molecular weight is 315 g/mol. The molecule has 1 saturated carbocycles. The van der Waals surface area contributed by atoms with Gasteiger partial charge in [-0.05, 0) is 61.6 Å². The standard InChI is InChI=1S/C20H26FNO/c1-13(2)14(3)22(12-18-10-15-7-8-16(18)9-15)20(23)17-5-4-6-19(21)11-17/h4-8,11,13-16,18H,9-10,12H2,1-3H3. The van der Waals surface area contributed by atoms with E-state index in [4.69, 9.17) is 0 Å². The highest BCUT2D eigenvalue weighted by molar-refractivity contribution is 5.94. The van der Waals surface area contributed by atoms with Crippen molar-refractivity contribution in [1.82, 2.24) is 4.90 Å². The lowest BCUT2D eigenvalue weighted by molar-refractivity contribution is 0.0593. The molecule has 0 aliphatic heterocycles. The number of fused-ring (bicyclic) bond motifs is 2. The van der Waals surface area contributed by atoms with Crippen molar-refractivity contribution in [3.63, 3.8) is 0 Å². The highest BCUT2D eigenvalue weighted by Gasteiger charge is 2.38. The lowest BCUT2D eigenvalue weighted by Crippen LogP contribution is -2.44. The fourth-order valence-corrected chi connectivity index (χ4v) is 3.94. The van der Waals surface area contributed by atoms with Gasteiger partial charge >= 0.3 is 0 Å². The number of nitrogens with zero attached hydrogens (tertiary/aromatic N) is 1. The van der Waals surface area contributed by atoms with Crippen molar-refractivity contribution < 1.29 is 9.18 Å². The molecule has 0 spiro atoms. The molecule has 1 aromatic rings. The Hall–Kier alpha value is -1.64. The summed E-state index contributed by atoms with van der Waals surface area (Å²) in [5.41, 5.74) is 0.455. The quantitative estimate of drug-likeness (QED) is 0.731. The Morgan fingerprint density at radius 1 is 1.26 bits per heavy atom. The minimum Gasteiger partial charge on any atom is -0.335 e. The number of amides is 1. The summed E-state index contributed by atoms with van der Waals surface area (Å²) in [6.45, 7) is 7.15. The van der Waals surface area contributed by atoms with Gasteiger partial charge in [-0.2, -0.15) is 0 Å². The molecule has 3 heteroatoms. The van der Waals surface area contributed by atoms with Crippen molar-refractivity contribution >= 4 is 5.91 Å². The van der Waals surface area contributed by atoms with Gasteiger partial charge in [-0.3, -0.25) is 4.79 Å². The topological polar surface area (TPSA) is 20.3 Å². The minimum absolute atomic E-state index is 0.0440. The Labute approximate surface area is 138 Å². The van der Waals surface area contributed by atoms with E-state index in [-0.39, 0.29) is 17.8 Å². The smallest absolute Gasteiger partial charge is 0.254 e. The normalized spacial score (nSPS) is 26.7. The van der Waals surface area contributed by atoms with Crippen LogP contribution < -0.4 is 0 Å². The average Bonchev–Trinajstić information content (AvgIpc) is 3.14. The third kappa shape index (κ3) is 3.34. The number of allylic oxidation sites excluding steroid dienone is 2. The molecule has 1 fully saturated rings. The molecule has 0 heterocycles. The van der Waals surface area contributed by atoms with Crippen LogP contribution in [0.4, 0.5) is 4.39 Å². The third-order valence-electron chi connectivity index (χ3n) is 5.64. The number of carbonyl (C=O) groups is 1. The van der Waals surface area contributed by atoms with Crippen LogP contribution in [0, 0.1) is 29.5 Å². The monoisotopic (exact) mass is 315 g/mol. The van der Waals surface area contributed by atoms with Crippen LogP contribution in [0.1, 0.15) is 44.0 Å². The molecule has 0 saturated heterocycles. The predicted octanol–water partition coefficient (Wildman–Crippen LogP) is 4.52. The summed E-state index contributed by atoms with van der Waals surface area (Å²) in [5.74, 6) is 1.84. The first kappa shape index (κ1) is 16.2. The van der Waals surface area contributed by atoms with Gasteiger partial charge in [0.05, 0.1) is 0 Å². The van der Waals surface area contributed by atoms with E-state index in [1.807, 2.05) is 4.90 Å². The van der Waals surface area contributed by atoms with Crippen LogP contribution in [0.25, 0.3) is 0 Å². The summed E-state index contributed by atoms with van der Waals surface area (Å²) < 4.78 is 13.5. The summed E-state index contributed by atoms with van der Waals surface area (Å²) >= 11 is 0. The summed E-state index contributed by atoms with van der Waals surface area (Å²) in [6.07, 6.45) is 7.07. The Bertz CT molecular complexity index is 609. The first-order valence-electron chi connectivity index (χ1n) is 8.70. The van der Waals surface area contributed by atoms with Crippen LogP contribution in [-0.2, 0) is 0 Å². The summed E-state index contributed by atoms with van der Waals surface area (Å²) in [5, 5.41) is 0. The first-order chi connectivity index (χ1) is 11.0. The van der Waals surface area contributed by atoms with Gasteiger partial charge in [-0.15, -0.1) is 0 Å². The second-order valence-corrected chi connectivity index (χ2v) is 7.49. The van der Waals surface area contributed by atoms with Crippen molar-refractivity contribution in [2.45, 2.75) is 39.7 Å². The predicted molar refractivity (Wildman–Crippen MR) is 90.6 cm³/mol. The van der Waals surface area contributed by atoms with Crippen molar-refractivity contribution in [2.75, 3.05) is 6.54 Å². The third-order valence-corrected chi connectivity index (χ3v) is 5.64. The fourth-order valence-electron chi connectivity index (χ4n) is 3.94. The summed E-state index contributed by atoms with van der Waals surface area (Å²) in [6, 6.07) is 6.21.